The van der Waals surface area contributed by atoms with Gasteiger partial charge in [0.25, 0.3) is 10.1 Å². The third-order valence-corrected chi connectivity index (χ3v) is 7.24. The van der Waals surface area contributed by atoms with Gasteiger partial charge in [-0.15, -0.1) is 0 Å². The summed E-state index contributed by atoms with van der Waals surface area (Å²) >= 11 is 0. The number of ether oxygens (including phenoxy) is 1. The summed E-state index contributed by atoms with van der Waals surface area (Å²) in [5.41, 5.74) is -1.71. The first-order valence-corrected chi connectivity index (χ1v) is 10.8. The maximum Gasteiger partial charge on any atom is 0.299 e. The van der Waals surface area contributed by atoms with E-state index in [1.165, 1.54) is 32.1 Å². The largest absolute Gasteiger partial charge is 0.353 e. The monoisotopic (exact) mass is 358 g/mol. The van der Waals surface area contributed by atoms with Crippen molar-refractivity contribution in [3.8, 4) is 0 Å². The number of carbonyl (C=O) groups is 1. The molecule has 0 amide bonds. The van der Waals surface area contributed by atoms with Crippen LogP contribution in [0.5, 0.6) is 0 Å². The molecule has 3 saturated carbocycles. The van der Waals surface area contributed by atoms with Crippen molar-refractivity contribution in [2.75, 3.05) is 6.61 Å². The Labute approximate surface area is 145 Å². The predicted octanol–water partition coefficient (Wildman–Crippen LogP) is 3.29. The third-order valence-electron chi connectivity index (χ3n) is 6.30. The van der Waals surface area contributed by atoms with E-state index in [2.05, 4.69) is 0 Å². The fourth-order valence-electron chi connectivity index (χ4n) is 5.53. The van der Waals surface area contributed by atoms with Gasteiger partial charge in [-0.2, -0.15) is 8.42 Å². The van der Waals surface area contributed by atoms with Crippen molar-refractivity contribution >= 4 is 15.9 Å². The summed E-state index contributed by atoms with van der Waals surface area (Å²) in [4.78, 5) is 12.2. The van der Waals surface area contributed by atoms with Crippen LogP contribution < -0.4 is 0 Å². The van der Waals surface area contributed by atoms with Crippen molar-refractivity contribution in [2.45, 2.75) is 64.2 Å². The van der Waals surface area contributed by atoms with E-state index in [-0.39, 0.29) is 18.9 Å². The average molecular weight is 359 g/mol. The van der Waals surface area contributed by atoms with E-state index in [0.29, 0.717) is 11.8 Å². The Kier molecular flexibility index (Phi) is 5.38. The number of hydrogen-bond acceptors (Lipinski definition) is 4. The van der Waals surface area contributed by atoms with Crippen molar-refractivity contribution in [3.63, 3.8) is 0 Å². The molecule has 3 fully saturated rings. The van der Waals surface area contributed by atoms with Gasteiger partial charge in [-0.1, -0.05) is 20.3 Å². The summed E-state index contributed by atoms with van der Waals surface area (Å²) in [5.74, 6) is 2.80. The van der Waals surface area contributed by atoms with Crippen LogP contribution >= 0.6 is 0 Å². The predicted molar refractivity (Wildman–Crippen MR) is 90.9 cm³/mol. The second-order valence-corrected chi connectivity index (χ2v) is 10.1. The number of fused-ring (bicyclic) bond motifs is 2. The van der Waals surface area contributed by atoms with Gasteiger partial charge in [0.2, 0.25) is 5.44 Å². The summed E-state index contributed by atoms with van der Waals surface area (Å²) in [7, 11) is -4.52. The lowest BCUT2D eigenvalue weighted by atomic mass is 9.54. The fourth-order valence-corrected chi connectivity index (χ4v) is 6.21. The van der Waals surface area contributed by atoms with E-state index in [0.717, 1.165) is 24.2 Å². The summed E-state index contributed by atoms with van der Waals surface area (Å²) in [6.45, 7) is 3.97. The minimum absolute atomic E-state index is 0.0367. The van der Waals surface area contributed by atoms with Crippen molar-refractivity contribution in [1.29, 1.82) is 0 Å². The Morgan fingerprint density at radius 3 is 2.50 bits per heavy atom. The van der Waals surface area contributed by atoms with Crippen LogP contribution in [0.3, 0.4) is 0 Å². The number of ketones is 1. The molecule has 0 radical (unpaired) electrons. The first kappa shape index (κ1) is 18.3. The van der Waals surface area contributed by atoms with E-state index >= 15 is 0 Å². The lowest BCUT2D eigenvalue weighted by molar-refractivity contribution is -0.129. The van der Waals surface area contributed by atoms with Crippen molar-refractivity contribution in [1.82, 2.24) is 0 Å². The first-order chi connectivity index (χ1) is 11.2. The van der Waals surface area contributed by atoms with Crippen molar-refractivity contribution in [2.24, 2.45) is 35.5 Å². The molecule has 0 aromatic carbocycles. The SMILES string of the molecule is CC(C)CC(=O)C(OCC1CC2CC3CCC1C(C3)C2)S(=O)(=O)O. The fraction of sp³-hybridized carbons (Fsp3) is 0.944. The summed E-state index contributed by atoms with van der Waals surface area (Å²) in [5, 5.41) is 0. The molecule has 3 rings (SSSR count). The van der Waals surface area contributed by atoms with Gasteiger partial charge in [-0.3, -0.25) is 9.35 Å². The molecule has 6 heteroatoms. The minimum Gasteiger partial charge on any atom is -0.353 e. The molecule has 3 aliphatic carbocycles. The zero-order valence-corrected chi connectivity index (χ0v) is 15.5. The average Bonchev–Trinajstić information content (AvgIpc) is 2.43. The normalized spacial score (nSPS) is 36.8. The quantitative estimate of drug-likeness (QED) is 0.706. The number of Topliss-reactive ketones (excluding diaryl/α,β-unsaturated/α-hetero) is 1. The molecule has 3 aliphatic rings. The standard InChI is InChI=1S/C18H30O5S/c1-11(2)5-17(19)18(24(20,21)22)23-10-15-9-13-6-12-3-4-16(15)14(7-12)8-13/h11-16,18H,3-10H2,1-2H3,(H,20,21,22). The van der Waals surface area contributed by atoms with Crippen LogP contribution in [0.2, 0.25) is 0 Å². The third kappa shape index (κ3) is 4.02. The molecule has 6 unspecified atom stereocenters. The molecule has 5 nitrogen and oxygen atoms in total. The molecule has 0 aliphatic heterocycles. The molecule has 6 atom stereocenters. The van der Waals surface area contributed by atoms with Crippen LogP contribution in [0.4, 0.5) is 0 Å². The van der Waals surface area contributed by atoms with Crippen LogP contribution in [-0.2, 0) is 19.6 Å². The molecule has 1 N–H and O–H groups in total. The highest BCUT2D eigenvalue weighted by atomic mass is 32.2. The second kappa shape index (κ2) is 7.04. The van der Waals surface area contributed by atoms with Crippen LogP contribution in [-0.4, -0.2) is 30.8 Å². The van der Waals surface area contributed by atoms with Gasteiger partial charge in [-0.25, -0.2) is 0 Å². The molecule has 0 heterocycles. The van der Waals surface area contributed by atoms with Gasteiger partial charge in [-0.05, 0) is 67.6 Å². The van der Waals surface area contributed by atoms with Gasteiger partial charge < -0.3 is 4.74 Å². The zero-order valence-electron chi connectivity index (χ0n) is 14.7. The van der Waals surface area contributed by atoms with Gasteiger partial charge in [0.1, 0.15) is 0 Å². The van der Waals surface area contributed by atoms with Crippen LogP contribution in [0.1, 0.15) is 58.8 Å². The topological polar surface area (TPSA) is 80.7 Å². The smallest absolute Gasteiger partial charge is 0.299 e. The van der Waals surface area contributed by atoms with Crippen molar-refractivity contribution in [3.05, 3.63) is 0 Å². The van der Waals surface area contributed by atoms with Crippen LogP contribution in [0, 0.1) is 35.5 Å². The summed E-state index contributed by atoms with van der Waals surface area (Å²) < 4.78 is 38.1. The Hall–Kier alpha value is -0.460. The first-order valence-electron chi connectivity index (χ1n) is 9.34. The Morgan fingerprint density at radius 1 is 1.12 bits per heavy atom. The van der Waals surface area contributed by atoms with Crippen LogP contribution in [0.15, 0.2) is 0 Å². The van der Waals surface area contributed by atoms with Gasteiger partial charge >= 0.3 is 0 Å². The van der Waals surface area contributed by atoms with Crippen LogP contribution in [0.25, 0.3) is 0 Å². The molecule has 3 bridgehead atoms. The number of hydrogen-bond donors (Lipinski definition) is 1. The van der Waals surface area contributed by atoms with E-state index in [1.54, 1.807) is 0 Å². The number of rotatable bonds is 7. The summed E-state index contributed by atoms with van der Waals surface area (Å²) in [6, 6.07) is 0. The van der Waals surface area contributed by atoms with Crippen molar-refractivity contribution < 1.29 is 22.5 Å². The van der Waals surface area contributed by atoms with E-state index < -0.39 is 21.3 Å². The van der Waals surface area contributed by atoms with Gasteiger partial charge in [0.05, 0.1) is 6.61 Å². The highest BCUT2D eigenvalue weighted by molar-refractivity contribution is 7.87. The van der Waals surface area contributed by atoms with E-state index in [1.807, 2.05) is 13.8 Å². The number of carbonyl (C=O) groups excluding carboxylic acids is 1. The van der Waals surface area contributed by atoms with Gasteiger partial charge in [0.15, 0.2) is 5.78 Å². The lowest BCUT2D eigenvalue weighted by Gasteiger charge is -2.52. The Bertz CT molecular complexity index is 564. The maximum atomic E-state index is 12.2. The van der Waals surface area contributed by atoms with Gasteiger partial charge in [0, 0.05) is 6.42 Å². The second-order valence-electron chi connectivity index (χ2n) is 8.68. The molecule has 0 saturated heterocycles. The molecule has 24 heavy (non-hydrogen) atoms. The maximum absolute atomic E-state index is 12.2. The molecular formula is C18H30O5S. The summed E-state index contributed by atoms with van der Waals surface area (Å²) in [6.07, 6.45) is 7.58. The highest BCUT2D eigenvalue weighted by Gasteiger charge is 2.46. The molecule has 0 aromatic heterocycles. The molecule has 0 spiro atoms. The van der Waals surface area contributed by atoms with E-state index in [9.17, 15) is 17.8 Å². The molecule has 138 valence electrons. The minimum atomic E-state index is -4.52. The molecule has 0 aromatic rings. The Balaban J connectivity index is 1.65. The molecular weight excluding hydrogens is 328 g/mol. The Morgan fingerprint density at radius 2 is 1.83 bits per heavy atom. The lowest BCUT2D eigenvalue weighted by Crippen LogP contribution is -2.45. The highest BCUT2D eigenvalue weighted by Crippen LogP contribution is 2.54. The van der Waals surface area contributed by atoms with E-state index in [4.69, 9.17) is 4.74 Å². The zero-order chi connectivity index (χ0) is 17.5.